The molecule has 1 aromatic rings. The normalized spacial score (nSPS) is 18.9. The maximum Gasteiger partial charge on any atom is 0.0777 e. The van der Waals surface area contributed by atoms with Gasteiger partial charge in [0.15, 0.2) is 0 Å². The molecule has 0 bridgehead atoms. The molecule has 3 N–H and O–H groups in total. The molecule has 0 amide bonds. The van der Waals surface area contributed by atoms with Gasteiger partial charge in [-0.3, -0.25) is 5.84 Å². The Balaban J connectivity index is 2.24. The van der Waals surface area contributed by atoms with Crippen molar-refractivity contribution in [1.82, 2.24) is 5.43 Å². The van der Waals surface area contributed by atoms with Crippen molar-refractivity contribution >= 4 is 22.9 Å². The van der Waals surface area contributed by atoms with E-state index in [1.807, 2.05) is 6.92 Å². The number of nitrogens with two attached hydrogens (primary N) is 1. The summed E-state index contributed by atoms with van der Waals surface area (Å²) >= 11 is 8.06. The van der Waals surface area contributed by atoms with Gasteiger partial charge in [-0.15, -0.1) is 11.3 Å². The first-order valence-electron chi connectivity index (χ1n) is 6.62. The standard InChI is InChI=1S/C14H21ClN2S/c1-10-9-18-14(12(10)15)13(17-16)11-7-5-3-2-4-6-8-11/h7,9,13,17H,2-6,8,16H2,1H3. The first-order chi connectivity index (χ1) is 8.74. The minimum Gasteiger partial charge on any atom is -0.271 e. The van der Waals surface area contributed by atoms with E-state index >= 15 is 0 Å². The van der Waals surface area contributed by atoms with E-state index < -0.39 is 0 Å². The number of rotatable bonds is 3. The maximum absolute atomic E-state index is 6.36. The number of nitrogens with one attached hydrogen (secondary N) is 1. The Morgan fingerprint density at radius 3 is 2.78 bits per heavy atom. The van der Waals surface area contributed by atoms with Crippen LogP contribution < -0.4 is 11.3 Å². The van der Waals surface area contributed by atoms with Crippen molar-refractivity contribution in [2.45, 2.75) is 51.5 Å². The molecule has 0 aromatic carbocycles. The highest BCUT2D eigenvalue weighted by Crippen LogP contribution is 2.37. The second kappa shape index (κ2) is 6.71. The highest BCUT2D eigenvalue weighted by atomic mass is 35.5. The molecule has 1 aliphatic rings. The van der Waals surface area contributed by atoms with Crippen molar-refractivity contribution in [2.75, 3.05) is 0 Å². The van der Waals surface area contributed by atoms with Crippen LogP contribution >= 0.6 is 22.9 Å². The summed E-state index contributed by atoms with van der Waals surface area (Å²) in [7, 11) is 0. The van der Waals surface area contributed by atoms with Crippen LogP contribution in [0.3, 0.4) is 0 Å². The molecular formula is C14H21ClN2S. The zero-order chi connectivity index (χ0) is 13.0. The average Bonchev–Trinajstić information content (AvgIpc) is 2.64. The Hall–Kier alpha value is -0.350. The average molecular weight is 285 g/mol. The van der Waals surface area contributed by atoms with E-state index in [1.54, 1.807) is 11.3 Å². The van der Waals surface area contributed by atoms with Gasteiger partial charge in [-0.2, -0.15) is 0 Å². The third-order valence-corrected chi connectivity index (χ3v) is 5.33. The number of thiophene rings is 1. The van der Waals surface area contributed by atoms with Crippen LogP contribution in [0.1, 0.15) is 55.0 Å². The van der Waals surface area contributed by atoms with Crippen molar-refractivity contribution in [2.24, 2.45) is 5.84 Å². The predicted molar refractivity (Wildman–Crippen MR) is 79.9 cm³/mol. The van der Waals surface area contributed by atoms with Crippen LogP contribution in [0, 0.1) is 6.92 Å². The van der Waals surface area contributed by atoms with Crippen molar-refractivity contribution in [3.8, 4) is 0 Å². The minimum atomic E-state index is 0.0919. The van der Waals surface area contributed by atoms with Gasteiger partial charge in [0.05, 0.1) is 11.1 Å². The Kier molecular flexibility index (Phi) is 5.25. The summed E-state index contributed by atoms with van der Waals surface area (Å²) in [6.07, 6.45) is 9.87. The van der Waals surface area contributed by atoms with Gasteiger partial charge in [-0.1, -0.05) is 36.1 Å². The van der Waals surface area contributed by atoms with Crippen LogP contribution in [-0.4, -0.2) is 0 Å². The van der Waals surface area contributed by atoms with Crippen LogP contribution in [0.4, 0.5) is 0 Å². The van der Waals surface area contributed by atoms with Gasteiger partial charge in [0, 0.05) is 4.88 Å². The summed E-state index contributed by atoms with van der Waals surface area (Å²) in [4.78, 5) is 1.16. The lowest BCUT2D eigenvalue weighted by molar-refractivity contribution is 0.560. The van der Waals surface area contributed by atoms with E-state index in [-0.39, 0.29) is 6.04 Å². The van der Waals surface area contributed by atoms with Crippen molar-refractivity contribution in [3.05, 3.63) is 32.5 Å². The van der Waals surface area contributed by atoms with E-state index in [0.29, 0.717) is 0 Å². The second-order valence-electron chi connectivity index (χ2n) is 4.93. The molecule has 0 radical (unpaired) electrons. The van der Waals surface area contributed by atoms with Crippen LogP contribution in [0.15, 0.2) is 17.0 Å². The Labute approximate surface area is 118 Å². The molecule has 1 aliphatic carbocycles. The van der Waals surface area contributed by atoms with Gasteiger partial charge in [0.2, 0.25) is 0 Å². The molecule has 0 spiro atoms. The smallest absolute Gasteiger partial charge is 0.0777 e. The van der Waals surface area contributed by atoms with Crippen molar-refractivity contribution in [1.29, 1.82) is 0 Å². The van der Waals surface area contributed by atoms with Gasteiger partial charge in [-0.25, -0.2) is 5.43 Å². The summed E-state index contributed by atoms with van der Waals surface area (Å²) < 4.78 is 0. The fourth-order valence-electron chi connectivity index (χ4n) is 2.47. The molecule has 1 unspecified atom stereocenters. The maximum atomic E-state index is 6.36. The lowest BCUT2D eigenvalue weighted by Gasteiger charge is -2.21. The van der Waals surface area contributed by atoms with E-state index in [0.717, 1.165) is 28.3 Å². The molecule has 1 atom stereocenters. The highest BCUT2D eigenvalue weighted by Gasteiger charge is 2.20. The third-order valence-electron chi connectivity index (χ3n) is 3.55. The molecule has 18 heavy (non-hydrogen) atoms. The number of allylic oxidation sites excluding steroid dienone is 1. The van der Waals surface area contributed by atoms with Crippen LogP contribution in [0.5, 0.6) is 0 Å². The summed E-state index contributed by atoms with van der Waals surface area (Å²) in [6, 6.07) is 0.0919. The first kappa shape index (κ1) is 14.1. The molecule has 0 aliphatic heterocycles. The zero-order valence-electron chi connectivity index (χ0n) is 10.8. The summed E-state index contributed by atoms with van der Waals surface area (Å²) in [5.41, 5.74) is 5.49. The minimum absolute atomic E-state index is 0.0919. The molecule has 0 saturated heterocycles. The summed E-state index contributed by atoms with van der Waals surface area (Å²) in [5, 5.41) is 2.97. The quantitative estimate of drug-likeness (QED) is 0.487. The molecule has 1 heterocycles. The molecule has 4 heteroatoms. The van der Waals surface area contributed by atoms with Gasteiger partial charge >= 0.3 is 0 Å². The van der Waals surface area contributed by atoms with Crippen LogP contribution in [-0.2, 0) is 0 Å². The molecule has 2 nitrogen and oxygen atoms in total. The number of aryl methyl sites for hydroxylation is 1. The van der Waals surface area contributed by atoms with Gasteiger partial charge in [-0.05, 0) is 43.6 Å². The molecule has 0 saturated carbocycles. The largest absolute Gasteiger partial charge is 0.271 e. The topological polar surface area (TPSA) is 38.0 Å². The number of hydrogen-bond acceptors (Lipinski definition) is 3. The fraction of sp³-hybridized carbons (Fsp3) is 0.571. The van der Waals surface area contributed by atoms with Gasteiger partial charge in [0.25, 0.3) is 0 Å². The Morgan fingerprint density at radius 1 is 1.33 bits per heavy atom. The summed E-state index contributed by atoms with van der Waals surface area (Å²) in [6.45, 7) is 2.04. The monoisotopic (exact) mass is 284 g/mol. The molecule has 1 aromatic heterocycles. The van der Waals surface area contributed by atoms with Gasteiger partial charge < -0.3 is 0 Å². The van der Waals surface area contributed by atoms with E-state index in [1.165, 1.54) is 31.3 Å². The Morgan fingerprint density at radius 2 is 2.11 bits per heavy atom. The van der Waals surface area contributed by atoms with E-state index in [2.05, 4.69) is 16.9 Å². The van der Waals surface area contributed by atoms with Crippen molar-refractivity contribution < 1.29 is 0 Å². The molecule has 2 rings (SSSR count). The SMILES string of the molecule is Cc1csc(C(NN)C2=CCCCCCC2)c1Cl. The van der Waals surface area contributed by atoms with Gasteiger partial charge in [0.1, 0.15) is 0 Å². The zero-order valence-corrected chi connectivity index (χ0v) is 12.4. The first-order valence-corrected chi connectivity index (χ1v) is 7.88. The lowest BCUT2D eigenvalue weighted by Crippen LogP contribution is -2.29. The number of halogens is 1. The van der Waals surface area contributed by atoms with Crippen LogP contribution in [0.25, 0.3) is 0 Å². The number of hydrazine groups is 1. The predicted octanol–water partition coefficient (Wildman–Crippen LogP) is 4.49. The molecule has 100 valence electrons. The second-order valence-corrected chi connectivity index (χ2v) is 6.22. The van der Waals surface area contributed by atoms with Crippen molar-refractivity contribution in [3.63, 3.8) is 0 Å². The lowest BCUT2D eigenvalue weighted by atomic mass is 9.94. The fourth-order valence-corrected chi connectivity index (χ4v) is 3.88. The summed E-state index contributed by atoms with van der Waals surface area (Å²) in [5.74, 6) is 5.76. The number of hydrogen-bond donors (Lipinski definition) is 2. The van der Waals surface area contributed by atoms with E-state index in [4.69, 9.17) is 17.4 Å². The molecule has 0 fully saturated rings. The van der Waals surface area contributed by atoms with E-state index in [9.17, 15) is 0 Å². The highest BCUT2D eigenvalue weighted by molar-refractivity contribution is 7.10. The molecular weight excluding hydrogens is 264 g/mol. The van der Waals surface area contributed by atoms with Crippen LogP contribution in [0.2, 0.25) is 5.02 Å². The third kappa shape index (κ3) is 3.15. The Bertz CT molecular complexity index is 425.